The zero-order chi connectivity index (χ0) is 18.4. The number of urea groups is 1. The molecule has 1 aromatic carbocycles. The zero-order valence-corrected chi connectivity index (χ0v) is 15.1. The first-order chi connectivity index (χ1) is 12.0. The van der Waals surface area contributed by atoms with Crippen molar-refractivity contribution in [2.45, 2.75) is 23.9 Å². The van der Waals surface area contributed by atoms with Gasteiger partial charge in [-0.2, -0.15) is 0 Å². The summed E-state index contributed by atoms with van der Waals surface area (Å²) in [5.74, 6) is -0.468. The molecule has 0 aliphatic carbocycles. The van der Waals surface area contributed by atoms with Gasteiger partial charge in [-0.1, -0.05) is 23.9 Å². The molecular weight excluding hydrogens is 344 g/mol. The number of nitrogens with zero attached hydrogens (tertiary/aromatic N) is 2. The van der Waals surface area contributed by atoms with E-state index in [1.165, 1.54) is 11.6 Å². The highest BCUT2D eigenvalue weighted by atomic mass is 32.2. The third-order valence-electron chi connectivity index (χ3n) is 3.46. The monoisotopic (exact) mass is 364 g/mol. The van der Waals surface area contributed by atoms with Crippen molar-refractivity contribution in [3.63, 3.8) is 0 Å². The van der Waals surface area contributed by atoms with Crippen molar-refractivity contribution in [1.82, 2.24) is 20.2 Å². The van der Waals surface area contributed by atoms with E-state index in [4.69, 9.17) is 4.74 Å². The molecule has 2 aromatic rings. The summed E-state index contributed by atoms with van der Waals surface area (Å²) < 4.78 is 6.54. The van der Waals surface area contributed by atoms with Crippen LogP contribution in [0.3, 0.4) is 0 Å². The normalized spacial score (nSPS) is 12.0. The average molecular weight is 364 g/mol. The van der Waals surface area contributed by atoms with Crippen LogP contribution < -0.4 is 16.2 Å². The SMILES string of the molecule is CNC(=O)NC(=O)[C@@H](C)Sc1nc2ccccc2c(=O)n1CCOC. The predicted molar refractivity (Wildman–Crippen MR) is 95.8 cm³/mol. The van der Waals surface area contributed by atoms with Gasteiger partial charge in [0.1, 0.15) is 0 Å². The molecule has 0 saturated carbocycles. The summed E-state index contributed by atoms with van der Waals surface area (Å²) in [6.45, 7) is 2.30. The highest BCUT2D eigenvalue weighted by Crippen LogP contribution is 2.22. The molecule has 1 atom stereocenters. The fourth-order valence-electron chi connectivity index (χ4n) is 2.11. The minimum atomic E-state index is -0.612. The molecule has 8 nitrogen and oxygen atoms in total. The molecule has 0 fully saturated rings. The molecule has 0 unspecified atom stereocenters. The summed E-state index contributed by atoms with van der Waals surface area (Å²) in [6, 6.07) is 6.45. The largest absolute Gasteiger partial charge is 0.383 e. The number of fused-ring (bicyclic) bond motifs is 1. The lowest BCUT2D eigenvalue weighted by molar-refractivity contribution is -0.119. The van der Waals surface area contributed by atoms with Gasteiger partial charge in [0.05, 0.1) is 29.3 Å². The van der Waals surface area contributed by atoms with E-state index in [0.29, 0.717) is 29.2 Å². The Hall–Kier alpha value is -2.39. The van der Waals surface area contributed by atoms with Crippen molar-refractivity contribution in [2.75, 3.05) is 20.8 Å². The second-order valence-electron chi connectivity index (χ2n) is 5.19. The van der Waals surface area contributed by atoms with Crippen LogP contribution in [0.4, 0.5) is 4.79 Å². The van der Waals surface area contributed by atoms with Crippen LogP contribution in [-0.4, -0.2) is 47.5 Å². The maximum atomic E-state index is 12.7. The number of imide groups is 1. The molecule has 134 valence electrons. The van der Waals surface area contributed by atoms with Crippen molar-refractivity contribution in [2.24, 2.45) is 0 Å². The number of hydrogen-bond acceptors (Lipinski definition) is 6. The van der Waals surface area contributed by atoms with Gasteiger partial charge < -0.3 is 10.1 Å². The fraction of sp³-hybridized carbons (Fsp3) is 0.375. The molecule has 2 rings (SSSR count). The van der Waals surface area contributed by atoms with Crippen LogP contribution in [0.25, 0.3) is 10.9 Å². The third kappa shape index (κ3) is 4.58. The van der Waals surface area contributed by atoms with E-state index in [1.807, 2.05) is 0 Å². The molecule has 3 amide bonds. The highest BCUT2D eigenvalue weighted by Gasteiger charge is 2.20. The number of rotatable bonds is 6. The predicted octanol–water partition coefficient (Wildman–Crippen LogP) is 0.979. The van der Waals surface area contributed by atoms with Crippen LogP contribution in [0, 0.1) is 0 Å². The molecule has 0 saturated heterocycles. The maximum absolute atomic E-state index is 12.7. The lowest BCUT2D eigenvalue weighted by Crippen LogP contribution is -2.41. The van der Waals surface area contributed by atoms with Crippen LogP contribution in [0.1, 0.15) is 6.92 Å². The number of benzene rings is 1. The standard InChI is InChI=1S/C16H20N4O4S/c1-10(13(21)19-15(23)17-2)25-16-18-12-7-5-4-6-11(12)14(22)20(16)8-9-24-3/h4-7,10H,8-9H2,1-3H3,(H2,17,19,21,23)/t10-/m1/s1. The molecule has 0 spiro atoms. The first kappa shape index (κ1) is 18.9. The fourth-order valence-corrected chi connectivity index (χ4v) is 3.04. The number of carbonyl (C=O) groups excluding carboxylic acids is 2. The Bertz CT molecular complexity index is 836. The van der Waals surface area contributed by atoms with E-state index >= 15 is 0 Å². The first-order valence-corrected chi connectivity index (χ1v) is 8.53. The van der Waals surface area contributed by atoms with Gasteiger partial charge in [-0.05, 0) is 19.1 Å². The number of para-hydroxylation sites is 1. The Kier molecular flexibility index (Phi) is 6.54. The highest BCUT2D eigenvalue weighted by molar-refractivity contribution is 8.00. The summed E-state index contributed by atoms with van der Waals surface area (Å²) in [6.07, 6.45) is 0. The van der Waals surface area contributed by atoms with Gasteiger partial charge in [0.15, 0.2) is 5.16 Å². The number of nitrogens with one attached hydrogen (secondary N) is 2. The second kappa shape index (κ2) is 8.63. The summed E-state index contributed by atoms with van der Waals surface area (Å²) >= 11 is 1.11. The second-order valence-corrected chi connectivity index (χ2v) is 6.50. The quantitative estimate of drug-likeness (QED) is 0.585. The number of amides is 3. The zero-order valence-electron chi connectivity index (χ0n) is 14.2. The summed E-state index contributed by atoms with van der Waals surface area (Å²) in [5.41, 5.74) is 0.367. The van der Waals surface area contributed by atoms with Crippen molar-refractivity contribution in [1.29, 1.82) is 0 Å². The van der Waals surface area contributed by atoms with E-state index in [9.17, 15) is 14.4 Å². The minimum Gasteiger partial charge on any atom is -0.383 e. The van der Waals surface area contributed by atoms with E-state index < -0.39 is 17.2 Å². The molecule has 9 heteroatoms. The summed E-state index contributed by atoms with van der Waals surface area (Å²) in [4.78, 5) is 40.6. The van der Waals surface area contributed by atoms with Crippen molar-refractivity contribution < 1.29 is 14.3 Å². The summed E-state index contributed by atoms with van der Waals surface area (Å²) in [5, 5.41) is 4.83. The number of aromatic nitrogens is 2. The molecule has 0 radical (unpaired) electrons. The lowest BCUT2D eigenvalue weighted by atomic mass is 10.2. The Labute approximate surface area is 149 Å². The Morgan fingerprint density at radius 2 is 2.08 bits per heavy atom. The van der Waals surface area contributed by atoms with Gasteiger partial charge in [-0.15, -0.1) is 0 Å². The van der Waals surface area contributed by atoms with Crippen LogP contribution in [0.15, 0.2) is 34.2 Å². The number of ether oxygens (including phenoxy) is 1. The number of thioether (sulfide) groups is 1. The van der Waals surface area contributed by atoms with Gasteiger partial charge in [-0.3, -0.25) is 19.5 Å². The van der Waals surface area contributed by atoms with E-state index in [2.05, 4.69) is 15.6 Å². The van der Waals surface area contributed by atoms with Crippen LogP contribution in [0.2, 0.25) is 0 Å². The molecule has 25 heavy (non-hydrogen) atoms. The van der Waals surface area contributed by atoms with Crippen LogP contribution in [-0.2, 0) is 16.1 Å². The van der Waals surface area contributed by atoms with Gasteiger partial charge in [0, 0.05) is 14.2 Å². The Morgan fingerprint density at radius 3 is 2.76 bits per heavy atom. The third-order valence-corrected chi connectivity index (χ3v) is 4.55. The number of methoxy groups -OCH3 is 1. The van der Waals surface area contributed by atoms with Crippen molar-refractivity contribution in [3.8, 4) is 0 Å². The van der Waals surface area contributed by atoms with Crippen molar-refractivity contribution in [3.05, 3.63) is 34.6 Å². The smallest absolute Gasteiger partial charge is 0.321 e. The van der Waals surface area contributed by atoms with E-state index in [-0.39, 0.29) is 5.56 Å². The first-order valence-electron chi connectivity index (χ1n) is 7.65. The van der Waals surface area contributed by atoms with Crippen molar-refractivity contribution >= 4 is 34.6 Å². The summed E-state index contributed by atoms with van der Waals surface area (Å²) in [7, 11) is 2.97. The van der Waals surface area contributed by atoms with Gasteiger partial charge in [-0.25, -0.2) is 9.78 Å². The molecule has 2 N–H and O–H groups in total. The maximum Gasteiger partial charge on any atom is 0.321 e. The topological polar surface area (TPSA) is 102 Å². The van der Waals surface area contributed by atoms with Crippen LogP contribution >= 0.6 is 11.8 Å². The average Bonchev–Trinajstić information content (AvgIpc) is 2.61. The molecule has 1 heterocycles. The minimum absolute atomic E-state index is 0.191. The number of hydrogen-bond donors (Lipinski definition) is 2. The van der Waals surface area contributed by atoms with Gasteiger partial charge in [0.2, 0.25) is 5.91 Å². The van der Waals surface area contributed by atoms with E-state index in [1.54, 1.807) is 38.3 Å². The molecule has 0 aliphatic rings. The van der Waals surface area contributed by atoms with Crippen LogP contribution in [0.5, 0.6) is 0 Å². The molecule has 0 aliphatic heterocycles. The Balaban J connectivity index is 2.36. The molecular formula is C16H20N4O4S. The van der Waals surface area contributed by atoms with E-state index in [0.717, 1.165) is 11.8 Å². The Morgan fingerprint density at radius 1 is 1.36 bits per heavy atom. The van der Waals surface area contributed by atoms with Gasteiger partial charge >= 0.3 is 6.03 Å². The molecule has 0 bridgehead atoms. The molecule has 1 aromatic heterocycles. The number of carbonyl (C=O) groups is 2. The van der Waals surface area contributed by atoms with Gasteiger partial charge in [0.25, 0.3) is 5.56 Å². The lowest BCUT2D eigenvalue weighted by Gasteiger charge is -2.15.